The molecular weight excluding hydrogens is 212 g/mol. The highest BCUT2D eigenvalue weighted by Crippen LogP contribution is 1.97. The molecule has 1 amide bonds. The Labute approximate surface area is 89.3 Å². The van der Waals surface area contributed by atoms with E-state index in [-0.39, 0.29) is 17.2 Å². The highest BCUT2D eigenvalue weighted by molar-refractivity contribution is 6.01. The van der Waals surface area contributed by atoms with Crippen LogP contribution in [-0.4, -0.2) is 30.9 Å². The maximum Gasteiger partial charge on any atom is 0.278 e. The first-order valence-corrected chi connectivity index (χ1v) is 4.38. The number of H-pyrrole nitrogens is 1. The molecule has 82 valence electrons. The van der Waals surface area contributed by atoms with E-state index in [4.69, 9.17) is 0 Å². The van der Waals surface area contributed by atoms with Crippen molar-refractivity contribution in [1.82, 2.24) is 25.0 Å². The first kappa shape index (κ1) is 10.0. The summed E-state index contributed by atoms with van der Waals surface area (Å²) in [6.07, 6.45) is 1.27. The number of aryl methyl sites for hydroxylation is 1. The molecule has 0 radical (unpaired) electrons. The van der Waals surface area contributed by atoms with Gasteiger partial charge in [-0.25, -0.2) is 9.78 Å². The van der Waals surface area contributed by atoms with Gasteiger partial charge in [0.05, 0.1) is 0 Å². The summed E-state index contributed by atoms with van der Waals surface area (Å²) in [7, 11) is 1.47. The zero-order valence-corrected chi connectivity index (χ0v) is 8.34. The Morgan fingerprint density at radius 3 is 2.94 bits per heavy atom. The number of anilines is 1. The fourth-order valence-corrected chi connectivity index (χ4v) is 1.06. The van der Waals surface area contributed by atoms with Crippen molar-refractivity contribution in [2.24, 2.45) is 7.05 Å². The Morgan fingerprint density at radius 2 is 2.31 bits per heavy atom. The molecule has 2 heterocycles. The van der Waals surface area contributed by atoms with Crippen LogP contribution in [0.15, 0.2) is 23.3 Å². The summed E-state index contributed by atoms with van der Waals surface area (Å²) in [5.74, 6) is -0.243. The van der Waals surface area contributed by atoms with Crippen LogP contribution in [0.2, 0.25) is 0 Å². The van der Waals surface area contributed by atoms with Crippen LogP contribution in [0.25, 0.3) is 0 Å². The zero-order chi connectivity index (χ0) is 11.5. The quantitative estimate of drug-likeness (QED) is 0.685. The number of hydrogen-bond donors (Lipinski definition) is 2. The van der Waals surface area contributed by atoms with Crippen molar-refractivity contribution in [2.75, 3.05) is 5.32 Å². The predicted octanol–water partition coefficient (Wildman–Crippen LogP) is -0.849. The summed E-state index contributed by atoms with van der Waals surface area (Å²) in [5.41, 5.74) is -0.158. The summed E-state index contributed by atoms with van der Waals surface area (Å²) in [4.78, 5) is 26.4. The van der Waals surface area contributed by atoms with Gasteiger partial charge in [0.1, 0.15) is 12.0 Å². The van der Waals surface area contributed by atoms with Crippen LogP contribution in [0.4, 0.5) is 5.95 Å². The van der Waals surface area contributed by atoms with Gasteiger partial charge < -0.3 is 0 Å². The van der Waals surface area contributed by atoms with Crippen molar-refractivity contribution < 1.29 is 4.79 Å². The van der Waals surface area contributed by atoms with E-state index in [9.17, 15) is 9.59 Å². The van der Waals surface area contributed by atoms with Gasteiger partial charge >= 0.3 is 0 Å². The fourth-order valence-electron chi connectivity index (χ4n) is 1.06. The van der Waals surface area contributed by atoms with E-state index in [0.717, 1.165) is 4.68 Å². The minimum Gasteiger partial charge on any atom is -0.289 e. The first-order chi connectivity index (χ1) is 7.66. The van der Waals surface area contributed by atoms with E-state index < -0.39 is 5.91 Å². The predicted molar refractivity (Wildman–Crippen MR) is 53.8 cm³/mol. The van der Waals surface area contributed by atoms with Gasteiger partial charge in [0.2, 0.25) is 5.95 Å². The number of hydrogen-bond acceptors (Lipinski definition) is 5. The van der Waals surface area contributed by atoms with E-state index >= 15 is 0 Å². The SMILES string of the molecule is Cn1nc(C(=O)Nc2ncn[nH]2)ccc1=O. The highest BCUT2D eigenvalue weighted by Gasteiger charge is 2.09. The lowest BCUT2D eigenvalue weighted by molar-refractivity contribution is 0.101. The maximum atomic E-state index is 11.6. The second-order valence-corrected chi connectivity index (χ2v) is 2.97. The van der Waals surface area contributed by atoms with Gasteiger partial charge in [0.25, 0.3) is 11.5 Å². The Morgan fingerprint density at radius 1 is 1.50 bits per heavy atom. The van der Waals surface area contributed by atoms with Gasteiger partial charge in [-0.1, -0.05) is 0 Å². The lowest BCUT2D eigenvalue weighted by atomic mass is 10.4. The molecular formula is C8H8N6O2. The number of nitrogens with one attached hydrogen (secondary N) is 2. The molecule has 0 bridgehead atoms. The molecule has 0 atom stereocenters. The Hall–Kier alpha value is -2.51. The summed E-state index contributed by atoms with van der Waals surface area (Å²) < 4.78 is 1.08. The van der Waals surface area contributed by atoms with Crippen LogP contribution in [0.5, 0.6) is 0 Å². The monoisotopic (exact) mass is 220 g/mol. The normalized spacial score (nSPS) is 10.1. The van der Waals surface area contributed by atoms with Gasteiger partial charge in [-0.3, -0.25) is 14.9 Å². The number of carbonyl (C=O) groups excluding carboxylic acids is 1. The molecule has 0 fully saturated rings. The number of amides is 1. The van der Waals surface area contributed by atoms with E-state index in [1.54, 1.807) is 0 Å². The molecule has 0 saturated carbocycles. The molecule has 0 unspecified atom stereocenters. The van der Waals surface area contributed by atoms with Crippen LogP contribution in [0, 0.1) is 0 Å². The number of carbonyl (C=O) groups is 1. The van der Waals surface area contributed by atoms with Gasteiger partial charge in [0, 0.05) is 13.1 Å². The molecule has 2 rings (SSSR count). The number of nitrogens with zero attached hydrogens (tertiary/aromatic N) is 4. The molecule has 8 nitrogen and oxygen atoms in total. The molecule has 16 heavy (non-hydrogen) atoms. The van der Waals surface area contributed by atoms with Crippen LogP contribution in [-0.2, 0) is 7.05 Å². The zero-order valence-electron chi connectivity index (χ0n) is 8.34. The maximum absolute atomic E-state index is 11.6. The molecule has 0 aliphatic rings. The third-order valence-corrected chi connectivity index (χ3v) is 1.84. The molecule has 0 saturated heterocycles. The lowest BCUT2D eigenvalue weighted by Crippen LogP contribution is -2.23. The van der Waals surface area contributed by atoms with Gasteiger partial charge in [0.15, 0.2) is 0 Å². The summed E-state index contributed by atoms with van der Waals surface area (Å²) in [6.45, 7) is 0. The Bertz CT molecular complexity index is 558. The van der Waals surface area contributed by atoms with Crippen molar-refractivity contribution in [3.05, 3.63) is 34.5 Å². The van der Waals surface area contributed by atoms with Crippen molar-refractivity contribution in [3.8, 4) is 0 Å². The number of aromatic amines is 1. The number of aromatic nitrogens is 5. The van der Waals surface area contributed by atoms with Crippen molar-refractivity contribution in [2.45, 2.75) is 0 Å². The Balaban J connectivity index is 2.21. The average molecular weight is 220 g/mol. The molecule has 8 heteroatoms. The van der Waals surface area contributed by atoms with Crippen LogP contribution in [0.1, 0.15) is 10.5 Å². The molecule has 2 aromatic rings. The average Bonchev–Trinajstić information content (AvgIpc) is 2.74. The minimum atomic E-state index is -0.465. The van der Waals surface area contributed by atoms with Crippen molar-refractivity contribution in [3.63, 3.8) is 0 Å². The van der Waals surface area contributed by atoms with Crippen molar-refractivity contribution >= 4 is 11.9 Å². The second-order valence-electron chi connectivity index (χ2n) is 2.97. The van der Waals surface area contributed by atoms with E-state index in [1.807, 2.05) is 0 Å². The van der Waals surface area contributed by atoms with Gasteiger partial charge in [-0.15, -0.1) is 0 Å². The van der Waals surface area contributed by atoms with Gasteiger partial charge in [-0.05, 0) is 6.07 Å². The van der Waals surface area contributed by atoms with Crippen LogP contribution < -0.4 is 10.9 Å². The summed E-state index contributed by atoms with van der Waals surface area (Å²) >= 11 is 0. The molecule has 2 aromatic heterocycles. The molecule has 2 N–H and O–H groups in total. The minimum absolute atomic E-state index is 0.124. The molecule has 0 spiro atoms. The van der Waals surface area contributed by atoms with E-state index in [1.165, 1.54) is 25.5 Å². The smallest absolute Gasteiger partial charge is 0.278 e. The lowest BCUT2D eigenvalue weighted by Gasteiger charge is -2.01. The summed E-state index contributed by atoms with van der Waals surface area (Å²) in [5, 5.41) is 12.3. The van der Waals surface area contributed by atoms with Crippen LogP contribution in [0.3, 0.4) is 0 Å². The highest BCUT2D eigenvalue weighted by atomic mass is 16.2. The van der Waals surface area contributed by atoms with Crippen molar-refractivity contribution in [1.29, 1.82) is 0 Å². The molecule has 0 aliphatic heterocycles. The standard InChI is InChI=1S/C8H8N6O2/c1-14-6(15)3-2-5(13-14)7(16)11-8-9-4-10-12-8/h2-4H,1H3,(H2,9,10,11,12,16). The topological polar surface area (TPSA) is 106 Å². The van der Waals surface area contributed by atoms with Crippen LogP contribution >= 0.6 is 0 Å². The Kier molecular flexibility index (Phi) is 2.46. The van der Waals surface area contributed by atoms with E-state index in [2.05, 4.69) is 25.6 Å². The number of rotatable bonds is 2. The van der Waals surface area contributed by atoms with E-state index in [0.29, 0.717) is 0 Å². The fraction of sp³-hybridized carbons (Fsp3) is 0.125. The third kappa shape index (κ3) is 1.95. The first-order valence-electron chi connectivity index (χ1n) is 4.38. The van der Waals surface area contributed by atoms with Gasteiger partial charge in [-0.2, -0.15) is 15.2 Å². The largest absolute Gasteiger partial charge is 0.289 e. The summed E-state index contributed by atoms with van der Waals surface area (Å²) in [6, 6.07) is 2.61. The third-order valence-electron chi connectivity index (χ3n) is 1.84. The molecule has 0 aromatic carbocycles. The molecule has 0 aliphatic carbocycles. The second kappa shape index (κ2) is 3.93.